The summed E-state index contributed by atoms with van der Waals surface area (Å²) in [5.41, 5.74) is 2.69. The van der Waals surface area contributed by atoms with Crippen molar-refractivity contribution in [3.8, 4) is 0 Å². The first-order valence-corrected chi connectivity index (χ1v) is 8.71. The summed E-state index contributed by atoms with van der Waals surface area (Å²) in [7, 11) is 0. The van der Waals surface area contributed by atoms with E-state index < -0.39 is 0 Å². The minimum atomic E-state index is 0.457. The van der Waals surface area contributed by atoms with Gasteiger partial charge in [0.25, 0.3) is 0 Å². The highest BCUT2D eigenvalue weighted by molar-refractivity contribution is 7.99. The van der Waals surface area contributed by atoms with E-state index in [2.05, 4.69) is 49.5 Å². The molecule has 1 nitrogen and oxygen atoms in total. The molecule has 2 aromatic rings. The number of halogens is 1. The molecule has 0 fully saturated rings. The molecule has 0 aliphatic rings. The maximum absolute atomic E-state index is 6.22. The van der Waals surface area contributed by atoms with Crippen molar-refractivity contribution in [2.45, 2.75) is 31.2 Å². The SMILES string of the molecule is CCNC(CSc1ccccc1Cl)Cc1ccc(C)cc1. The monoisotopic (exact) mass is 319 g/mol. The lowest BCUT2D eigenvalue weighted by atomic mass is 10.1. The Hall–Kier alpha value is -0.960. The van der Waals surface area contributed by atoms with Gasteiger partial charge < -0.3 is 5.32 Å². The van der Waals surface area contributed by atoms with Crippen molar-refractivity contribution in [1.82, 2.24) is 5.32 Å². The van der Waals surface area contributed by atoms with Crippen LogP contribution in [0.1, 0.15) is 18.1 Å². The molecule has 0 aliphatic carbocycles. The van der Waals surface area contributed by atoms with Crippen LogP contribution in [-0.4, -0.2) is 18.3 Å². The molecule has 0 saturated carbocycles. The van der Waals surface area contributed by atoms with Gasteiger partial charge in [-0.3, -0.25) is 0 Å². The fraction of sp³-hybridized carbons (Fsp3) is 0.333. The first-order chi connectivity index (χ1) is 10.2. The van der Waals surface area contributed by atoms with E-state index in [9.17, 15) is 0 Å². The third kappa shape index (κ3) is 5.39. The molecule has 112 valence electrons. The lowest BCUT2D eigenvalue weighted by Crippen LogP contribution is -2.33. The maximum atomic E-state index is 6.22. The number of rotatable bonds is 7. The molecular weight excluding hydrogens is 298 g/mol. The molecule has 0 bridgehead atoms. The van der Waals surface area contributed by atoms with E-state index in [0.717, 1.165) is 28.6 Å². The summed E-state index contributed by atoms with van der Waals surface area (Å²) in [5, 5.41) is 4.41. The van der Waals surface area contributed by atoms with Gasteiger partial charge in [-0.05, 0) is 37.6 Å². The Morgan fingerprint density at radius 3 is 2.48 bits per heavy atom. The van der Waals surface area contributed by atoms with E-state index in [1.165, 1.54) is 11.1 Å². The average molecular weight is 320 g/mol. The number of thioether (sulfide) groups is 1. The van der Waals surface area contributed by atoms with Crippen molar-refractivity contribution in [1.29, 1.82) is 0 Å². The number of aryl methyl sites for hydroxylation is 1. The van der Waals surface area contributed by atoms with Gasteiger partial charge in [-0.25, -0.2) is 0 Å². The predicted molar refractivity (Wildman–Crippen MR) is 94.5 cm³/mol. The molecule has 21 heavy (non-hydrogen) atoms. The van der Waals surface area contributed by atoms with Crippen LogP contribution in [0.15, 0.2) is 53.4 Å². The third-order valence-electron chi connectivity index (χ3n) is 3.37. The van der Waals surface area contributed by atoms with E-state index in [4.69, 9.17) is 11.6 Å². The highest BCUT2D eigenvalue weighted by atomic mass is 35.5. The first-order valence-electron chi connectivity index (χ1n) is 7.35. The van der Waals surface area contributed by atoms with Crippen LogP contribution in [0.3, 0.4) is 0 Å². The summed E-state index contributed by atoms with van der Waals surface area (Å²) in [6.07, 6.45) is 1.05. The van der Waals surface area contributed by atoms with Crippen LogP contribution in [0.25, 0.3) is 0 Å². The predicted octanol–water partition coefficient (Wildman–Crippen LogP) is 4.96. The van der Waals surface area contributed by atoms with Gasteiger partial charge >= 0.3 is 0 Å². The van der Waals surface area contributed by atoms with Crippen molar-refractivity contribution in [2.24, 2.45) is 0 Å². The quantitative estimate of drug-likeness (QED) is 0.724. The van der Waals surface area contributed by atoms with E-state index in [1.54, 1.807) is 0 Å². The highest BCUT2D eigenvalue weighted by Crippen LogP contribution is 2.27. The van der Waals surface area contributed by atoms with E-state index in [-0.39, 0.29) is 0 Å². The van der Waals surface area contributed by atoms with Crippen LogP contribution in [-0.2, 0) is 6.42 Å². The average Bonchev–Trinajstić information content (AvgIpc) is 2.49. The number of benzene rings is 2. The minimum absolute atomic E-state index is 0.457. The van der Waals surface area contributed by atoms with Crippen molar-refractivity contribution in [2.75, 3.05) is 12.3 Å². The number of hydrogen-bond acceptors (Lipinski definition) is 2. The lowest BCUT2D eigenvalue weighted by molar-refractivity contribution is 0.572. The van der Waals surface area contributed by atoms with Gasteiger partial charge in [-0.2, -0.15) is 0 Å². The van der Waals surface area contributed by atoms with Crippen LogP contribution in [0.4, 0.5) is 0 Å². The van der Waals surface area contributed by atoms with E-state index in [1.807, 2.05) is 30.0 Å². The molecule has 0 aliphatic heterocycles. The van der Waals surface area contributed by atoms with Crippen LogP contribution in [0.2, 0.25) is 5.02 Å². The second kappa shape index (κ2) is 8.47. The molecule has 1 atom stereocenters. The molecule has 0 spiro atoms. The summed E-state index contributed by atoms with van der Waals surface area (Å²) >= 11 is 8.04. The van der Waals surface area contributed by atoms with Crippen molar-refractivity contribution < 1.29 is 0 Å². The van der Waals surface area contributed by atoms with Gasteiger partial charge in [0.1, 0.15) is 0 Å². The Kier molecular flexibility index (Phi) is 6.62. The fourth-order valence-electron chi connectivity index (χ4n) is 2.24. The van der Waals surface area contributed by atoms with Crippen molar-refractivity contribution in [3.63, 3.8) is 0 Å². The normalized spacial score (nSPS) is 12.3. The van der Waals surface area contributed by atoms with E-state index in [0.29, 0.717) is 6.04 Å². The van der Waals surface area contributed by atoms with Gasteiger partial charge in [-0.1, -0.05) is 60.5 Å². The van der Waals surface area contributed by atoms with Gasteiger partial charge in [0, 0.05) is 16.7 Å². The molecule has 1 unspecified atom stereocenters. The molecule has 2 rings (SSSR count). The topological polar surface area (TPSA) is 12.0 Å². The third-order valence-corrected chi connectivity index (χ3v) is 5.05. The zero-order chi connectivity index (χ0) is 15.1. The minimum Gasteiger partial charge on any atom is -0.313 e. The summed E-state index contributed by atoms with van der Waals surface area (Å²) in [6, 6.07) is 17.3. The fourth-order valence-corrected chi connectivity index (χ4v) is 3.54. The summed E-state index contributed by atoms with van der Waals surface area (Å²) < 4.78 is 0. The summed E-state index contributed by atoms with van der Waals surface area (Å²) in [5.74, 6) is 1.02. The van der Waals surface area contributed by atoms with Crippen LogP contribution < -0.4 is 5.32 Å². The lowest BCUT2D eigenvalue weighted by Gasteiger charge is -2.18. The van der Waals surface area contributed by atoms with Gasteiger partial charge in [0.2, 0.25) is 0 Å². The Balaban J connectivity index is 1.95. The maximum Gasteiger partial charge on any atom is 0.0541 e. The second-order valence-electron chi connectivity index (χ2n) is 5.19. The number of likely N-dealkylation sites (N-methyl/N-ethyl adjacent to an activating group) is 1. The van der Waals surface area contributed by atoms with Crippen molar-refractivity contribution in [3.05, 3.63) is 64.7 Å². The zero-order valence-corrected chi connectivity index (χ0v) is 14.2. The first kappa shape index (κ1) is 16.4. The molecule has 0 saturated heterocycles. The second-order valence-corrected chi connectivity index (χ2v) is 6.65. The summed E-state index contributed by atoms with van der Waals surface area (Å²) in [4.78, 5) is 1.16. The molecule has 0 radical (unpaired) electrons. The van der Waals surface area contributed by atoms with Gasteiger partial charge in [0.15, 0.2) is 0 Å². The number of hydrogen-bond donors (Lipinski definition) is 1. The van der Waals surface area contributed by atoms with Crippen molar-refractivity contribution >= 4 is 23.4 Å². The zero-order valence-electron chi connectivity index (χ0n) is 12.6. The highest BCUT2D eigenvalue weighted by Gasteiger charge is 2.10. The van der Waals surface area contributed by atoms with Gasteiger partial charge in [0.05, 0.1) is 5.02 Å². The van der Waals surface area contributed by atoms with Crippen LogP contribution in [0.5, 0.6) is 0 Å². The standard InChI is InChI=1S/C18H22ClNS/c1-3-20-16(12-15-10-8-14(2)9-11-15)13-21-18-7-5-4-6-17(18)19/h4-11,16,20H,3,12-13H2,1-2H3. The smallest absolute Gasteiger partial charge is 0.0541 e. The number of nitrogens with one attached hydrogen (secondary N) is 1. The molecule has 1 N–H and O–H groups in total. The summed E-state index contributed by atoms with van der Waals surface area (Å²) in [6.45, 7) is 5.26. The Morgan fingerprint density at radius 1 is 1.10 bits per heavy atom. The van der Waals surface area contributed by atoms with Gasteiger partial charge in [-0.15, -0.1) is 11.8 Å². The Bertz CT molecular complexity index is 553. The molecule has 2 aromatic carbocycles. The molecule has 0 amide bonds. The largest absolute Gasteiger partial charge is 0.313 e. The van der Waals surface area contributed by atoms with Crippen LogP contribution >= 0.6 is 23.4 Å². The van der Waals surface area contributed by atoms with Crippen LogP contribution in [0, 0.1) is 6.92 Å². The Labute approximate surface area is 137 Å². The molecule has 0 heterocycles. The van der Waals surface area contributed by atoms with E-state index >= 15 is 0 Å². The molecular formula is C18H22ClNS. The molecule has 3 heteroatoms. The Morgan fingerprint density at radius 2 is 1.81 bits per heavy atom. The molecule has 0 aromatic heterocycles.